The molecule has 8 heteroatoms. The summed E-state index contributed by atoms with van der Waals surface area (Å²) in [5.74, 6) is 0.200. The van der Waals surface area contributed by atoms with Crippen LogP contribution in [0.1, 0.15) is 0 Å². The smallest absolute Gasteiger partial charge is 0.271 e. The van der Waals surface area contributed by atoms with Gasteiger partial charge in [0.1, 0.15) is 12.5 Å². The zero-order valence-corrected chi connectivity index (χ0v) is 10.9. The Hall–Kier alpha value is -2.61. The van der Waals surface area contributed by atoms with Crippen molar-refractivity contribution in [1.82, 2.24) is 10.3 Å². The number of anilines is 2. The zero-order valence-electron chi connectivity index (χ0n) is 10.1. The van der Waals surface area contributed by atoms with Gasteiger partial charge in [0.2, 0.25) is 0 Å². The molecule has 0 saturated heterocycles. The molecule has 3 rings (SSSR count). The summed E-state index contributed by atoms with van der Waals surface area (Å²) in [6.07, 6.45) is 2.56. The van der Waals surface area contributed by atoms with Crippen molar-refractivity contribution in [2.75, 3.05) is 4.31 Å². The van der Waals surface area contributed by atoms with Crippen LogP contribution in [0.5, 0.6) is 0 Å². The Morgan fingerprint density at radius 2 is 1.40 bits per heavy atom. The number of hydrogen-bond acceptors (Lipinski definition) is 6. The Balaban J connectivity index is 2.16. The lowest BCUT2D eigenvalue weighted by Gasteiger charge is -2.18. The molecule has 0 amide bonds. The van der Waals surface area contributed by atoms with Gasteiger partial charge in [-0.15, -0.1) is 0 Å². The van der Waals surface area contributed by atoms with Crippen molar-refractivity contribution in [3.8, 4) is 0 Å². The number of hydrogen-bond donors (Lipinski definition) is 0. The molecular formula is C12H9N3O4S. The molecule has 0 aliphatic carbocycles. The van der Waals surface area contributed by atoms with Crippen molar-refractivity contribution < 1.29 is 17.5 Å². The van der Waals surface area contributed by atoms with Crippen molar-refractivity contribution in [1.29, 1.82) is 0 Å². The van der Waals surface area contributed by atoms with E-state index in [9.17, 15) is 8.42 Å². The fraction of sp³-hybridized carbons (Fsp3) is 0. The van der Waals surface area contributed by atoms with Crippen molar-refractivity contribution in [3.05, 3.63) is 55.0 Å². The highest BCUT2D eigenvalue weighted by Crippen LogP contribution is 2.29. The maximum atomic E-state index is 12.7. The molecule has 0 N–H and O–H groups in total. The minimum atomic E-state index is -3.86. The highest BCUT2D eigenvalue weighted by atomic mass is 32.2. The highest BCUT2D eigenvalue weighted by Gasteiger charge is 2.30. The summed E-state index contributed by atoms with van der Waals surface area (Å²) in [4.78, 5) is 0.117. The summed E-state index contributed by atoms with van der Waals surface area (Å²) in [7, 11) is -3.86. The normalized spacial score (nSPS) is 11.4. The molecule has 7 nitrogen and oxygen atoms in total. The summed E-state index contributed by atoms with van der Waals surface area (Å²) in [5.41, 5.74) is 0. The Morgan fingerprint density at radius 3 is 1.85 bits per heavy atom. The molecule has 0 spiro atoms. The monoisotopic (exact) mass is 291 g/mol. The SMILES string of the molecule is O=S(=O)(c1ccccc1)N(c1ccon1)c1ccon1. The second-order valence-corrected chi connectivity index (χ2v) is 5.58. The van der Waals surface area contributed by atoms with Gasteiger partial charge in [0, 0.05) is 12.1 Å². The lowest BCUT2D eigenvalue weighted by atomic mass is 10.4. The fourth-order valence-electron chi connectivity index (χ4n) is 1.68. The van der Waals surface area contributed by atoms with E-state index in [0.717, 1.165) is 4.31 Å². The van der Waals surface area contributed by atoms with Gasteiger partial charge in [0.25, 0.3) is 10.0 Å². The molecule has 2 heterocycles. The Labute approximate surface area is 114 Å². The molecule has 0 unspecified atom stereocenters. The third-order valence-corrected chi connectivity index (χ3v) is 4.27. The summed E-state index contributed by atoms with van der Waals surface area (Å²) < 4.78 is 35.8. The van der Waals surface area contributed by atoms with E-state index in [1.807, 2.05) is 0 Å². The van der Waals surface area contributed by atoms with E-state index in [1.165, 1.54) is 36.8 Å². The van der Waals surface area contributed by atoms with Crippen LogP contribution in [0.4, 0.5) is 11.6 Å². The van der Waals surface area contributed by atoms with E-state index in [2.05, 4.69) is 10.3 Å². The first kappa shape index (κ1) is 12.4. The van der Waals surface area contributed by atoms with Crippen LogP contribution in [0.2, 0.25) is 0 Å². The molecule has 102 valence electrons. The Bertz CT molecular complexity index is 733. The van der Waals surface area contributed by atoms with Gasteiger partial charge in [-0.3, -0.25) is 0 Å². The van der Waals surface area contributed by atoms with E-state index >= 15 is 0 Å². The minimum Gasteiger partial charge on any atom is -0.363 e. The Kier molecular flexibility index (Phi) is 2.99. The summed E-state index contributed by atoms with van der Waals surface area (Å²) >= 11 is 0. The number of rotatable bonds is 4. The molecule has 0 saturated carbocycles. The summed E-state index contributed by atoms with van der Waals surface area (Å²) in [6.45, 7) is 0. The molecular weight excluding hydrogens is 282 g/mol. The van der Waals surface area contributed by atoms with E-state index in [4.69, 9.17) is 9.05 Å². The molecule has 2 aromatic heterocycles. The van der Waals surface area contributed by atoms with Crippen molar-refractivity contribution >= 4 is 21.7 Å². The predicted octanol–water partition coefficient (Wildman–Crippen LogP) is 2.19. The van der Waals surface area contributed by atoms with Crippen molar-refractivity contribution in [2.45, 2.75) is 4.90 Å². The van der Waals surface area contributed by atoms with Crippen LogP contribution in [0, 0.1) is 0 Å². The first-order valence-electron chi connectivity index (χ1n) is 5.61. The van der Waals surface area contributed by atoms with E-state index in [-0.39, 0.29) is 16.5 Å². The molecule has 0 aliphatic rings. The topological polar surface area (TPSA) is 89.4 Å². The van der Waals surface area contributed by atoms with Crippen LogP contribution in [0.15, 0.2) is 68.9 Å². The molecule has 0 fully saturated rings. The maximum Gasteiger partial charge on any atom is 0.271 e. The van der Waals surface area contributed by atoms with Crippen LogP contribution >= 0.6 is 0 Å². The first-order valence-corrected chi connectivity index (χ1v) is 7.05. The van der Waals surface area contributed by atoms with Gasteiger partial charge >= 0.3 is 0 Å². The molecule has 1 aromatic carbocycles. The molecule has 0 radical (unpaired) electrons. The van der Waals surface area contributed by atoms with Gasteiger partial charge in [-0.2, -0.15) is 4.31 Å². The van der Waals surface area contributed by atoms with Crippen LogP contribution in [-0.2, 0) is 10.0 Å². The lowest BCUT2D eigenvalue weighted by molar-refractivity contribution is 0.416. The quantitative estimate of drug-likeness (QED) is 0.732. The number of nitrogens with zero attached hydrogens (tertiary/aromatic N) is 3. The average Bonchev–Trinajstić information content (AvgIpc) is 3.14. The molecule has 3 aromatic rings. The third kappa shape index (κ3) is 2.05. The number of benzene rings is 1. The molecule has 0 atom stereocenters. The van der Waals surface area contributed by atoms with Crippen LogP contribution < -0.4 is 4.31 Å². The standard InChI is InChI=1S/C12H9N3O4S/c16-20(17,10-4-2-1-3-5-10)15(11-6-8-18-13-11)12-7-9-19-14-12/h1-9H. The molecule has 20 heavy (non-hydrogen) atoms. The fourth-order valence-corrected chi connectivity index (χ4v) is 3.08. The van der Waals surface area contributed by atoms with E-state index < -0.39 is 10.0 Å². The van der Waals surface area contributed by atoms with Gasteiger partial charge in [0.05, 0.1) is 4.90 Å². The van der Waals surface area contributed by atoms with E-state index in [1.54, 1.807) is 18.2 Å². The van der Waals surface area contributed by atoms with Crippen molar-refractivity contribution in [3.63, 3.8) is 0 Å². The Morgan fingerprint density at radius 1 is 0.850 bits per heavy atom. The minimum absolute atomic E-state index is 0.0998. The number of aromatic nitrogens is 2. The lowest BCUT2D eigenvalue weighted by Crippen LogP contribution is -2.26. The van der Waals surface area contributed by atoms with Gasteiger partial charge in [0.15, 0.2) is 11.6 Å². The second kappa shape index (κ2) is 4.82. The average molecular weight is 291 g/mol. The summed E-state index contributed by atoms with van der Waals surface area (Å²) in [5, 5.41) is 7.31. The van der Waals surface area contributed by atoms with Crippen LogP contribution in [-0.4, -0.2) is 18.7 Å². The second-order valence-electron chi connectivity index (χ2n) is 3.80. The largest absolute Gasteiger partial charge is 0.363 e. The van der Waals surface area contributed by atoms with Gasteiger partial charge in [-0.25, -0.2) is 8.42 Å². The summed E-state index contributed by atoms with van der Waals surface area (Å²) in [6, 6.07) is 10.8. The van der Waals surface area contributed by atoms with Crippen LogP contribution in [0.3, 0.4) is 0 Å². The van der Waals surface area contributed by atoms with Gasteiger partial charge in [-0.1, -0.05) is 28.5 Å². The van der Waals surface area contributed by atoms with Gasteiger partial charge < -0.3 is 9.05 Å². The maximum absolute atomic E-state index is 12.7. The first-order chi connectivity index (χ1) is 9.69. The molecule has 0 aliphatic heterocycles. The predicted molar refractivity (Wildman–Crippen MR) is 68.8 cm³/mol. The van der Waals surface area contributed by atoms with Gasteiger partial charge in [-0.05, 0) is 12.1 Å². The van der Waals surface area contributed by atoms with Crippen LogP contribution in [0.25, 0.3) is 0 Å². The molecule has 0 bridgehead atoms. The highest BCUT2D eigenvalue weighted by molar-refractivity contribution is 7.93. The van der Waals surface area contributed by atoms with Crippen molar-refractivity contribution in [2.24, 2.45) is 0 Å². The zero-order chi connectivity index (χ0) is 14.0. The number of sulfonamides is 1. The third-order valence-electron chi connectivity index (χ3n) is 2.55. The van der Waals surface area contributed by atoms with E-state index in [0.29, 0.717) is 0 Å².